The van der Waals surface area contributed by atoms with Crippen molar-refractivity contribution in [3.63, 3.8) is 0 Å². The van der Waals surface area contributed by atoms with E-state index in [0.29, 0.717) is 19.7 Å². The van der Waals surface area contributed by atoms with Crippen LogP contribution in [-0.2, 0) is 17.1 Å². The topological polar surface area (TPSA) is 88.0 Å². The monoisotopic (exact) mass is 473 g/mol. The SMILES string of the molecule is C=CCN(CC=C)C(=O)c1cn(C)nc1S(=O)(=O)N1CCN(c2ccccc2OCC)CC1. The van der Waals surface area contributed by atoms with Gasteiger partial charge in [0.2, 0.25) is 5.03 Å². The number of carbonyl (C=O) groups excluding carboxylic acids is 1. The zero-order valence-electron chi connectivity index (χ0n) is 19.2. The van der Waals surface area contributed by atoms with Gasteiger partial charge in [0.25, 0.3) is 15.9 Å². The summed E-state index contributed by atoms with van der Waals surface area (Å²) in [6.45, 7) is 11.9. The molecule has 1 aliphatic heterocycles. The molecule has 10 heteroatoms. The van der Waals surface area contributed by atoms with Crippen LogP contribution in [0.1, 0.15) is 17.3 Å². The predicted molar refractivity (Wildman–Crippen MR) is 128 cm³/mol. The van der Waals surface area contributed by atoms with Crippen LogP contribution in [0.2, 0.25) is 0 Å². The van der Waals surface area contributed by atoms with E-state index in [-0.39, 0.29) is 36.8 Å². The quantitative estimate of drug-likeness (QED) is 0.492. The molecule has 0 unspecified atom stereocenters. The number of nitrogens with zero attached hydrogens (tertiary/aromatic N) is 5. The highest BCUT2D eigenvalue weighted by Crippen LogP contribution is 2.30. The highest BCUT2D eigenvalue weighted by molar-refractivity contribution is 7.89. The molecule has 2 heterocycles. The number of sulfonamides is 1. The van der Waals surface area contributed by atoms with Crippen molar-refractivity contribution in [3.8, 4) is 5.75 Å². The molecule has 9 nitrogen and oxygen atoms in total. The summed E-state index contributed by atoms with van der Waals surface area (Å²) >= 11 is 0. The van der Waals surface area contributed by atoms with E-state index >= 15 is 0 Å². The van der Waals surface area contributed by atoms with E-state index in [1.165, 1.54) is 20.1 Å². The van der Waals surface area contributed by atoms with Crippen LogP contribution in [0, 0.1) is 0 Å². The van der Waals surface area contributed by atoms with Gasteiger partial charge in [-0.1, -0.05) is 24.3 Å². The molecule has 0 atom stereocenters. The Morgan fingerprint density at radius 2 is 1.79 bits per heavy atom. The third kappa shape index (κ3) is 5.28. The van der Waals surface area contributed by atoms with Crippen LogP contribution in [0.5, 0.6) is 5.75 Å². The van der Waals surface area contributed by atoms with Crippen molar-refractivity contribution < 1.29 is 17.9 Å². The lowest BCUT2D eigenvalue weighted by atomic mass is 10.2. The maximum atomic E-state index is 13.5. The number of hydrogen-bond acceptors (Lipinski definition) is 6. The van der Waals surface area contributed by atoms with Crippen LogP contribution in [0.15, 0.2) is 60.8 Å². The molecule has 3 rings (SSSR count). The first-order valence-electron chi connectivity index (χ1n) is 10.8. The average molecular weight is 474 g/mol. The van der Waals surface area contributed by atoms with Gasteiger partial charge in [0.05, 0.1) is 17.9 Å². The molecule has 0 N–H and O–H groups in total. The second-order valence-corrected chi connectivity index (χ2v) is 9.45. The van der Waals surface area contributed by atoms with E-state index in [1.807, 2.05) is 31.2 Å². The van der Waals surface area contributed by atoms with Gasteiger partial charge >= 0.3 is 0 Å². The number of aryl methyl sites for hydroxylation is 1. The molecule has 1 aliphatic rings. The van der Waals surface area contributed by atoms with Crippen molar-refractivity contribution in [2.75, 3.05) is 50.8 Å². The van der Waals surface area contributed by atoms with Crippen molar-refractivity contribution in [1.29, 1.82) is 0 Å². The van der Waals surface area contributed by atoms with Crippen LogP contribution in [0.4, 0.5) is 5.69 Å². The lowest BCUT2D eigenvalue weighted by Crippen LogP contribution is -2.49. The predicted octanol–water partition coefficient (Wildman–Crippen LogP) is 2.14. The molecular formula is C23H31N5O4S. The Bertz CT molecular complexity index is 1090. The second-order valence-electron chi connectivity index (χ2n) is 7.60. The minimum absolute atomic E-state index is 0.0466. The first-order valence-corrected chi connectivity index (χ1v) is 12.3. The van der Waals surface area contributed by atoms with Gasteiger partial charge in [-0.15, -0.1) is 13.2 Å². The number of carbonyl (C=O) groups is 1. The van der Waals surface area contributed by atoms with Crippen LogP contribution in [-0.4, -0.2) is 79.2 Å². The number of piperazine rings is 1. The number of benzene rings is 1. The highest BCUT2D eigenvalue weighted by atomic mass is 32.2. The minimum atomic E-state index is -3.96. The normalized spacial score (nSPS) is 14.7. The fourth-order valence-electron chi connectivity index (χ4n) is 3.82. The Kier molecular flexibility index (Phi) is 7.93. The van der Waals surface area contributed by atoms with Gasteiger partial charge in [-0.25, -0.2) is 8.42 Å². The van der Waals surface area contributed by atoms with E-state index in [1.54, 1.807) is 19.2 Å². The molecule has 1 fully saturated rings. The summed E-state index contributed by atoms with van der Waals surface area (Å²) < 4.78 is 35.4. The van der Waals surface area contributed by atoms with Gasteiger partial charge in [0.15, 0.2) is 0 Å². The Morgan fingerprint density at radius 3 is 2.39 bits per heavy atom. The Hall–Kier alpha value is -3.11. The number of hydrogen-bond donors (Lipinski definition) is 0. The number of aromatic nitrogens is 2. The number of ether oxygens (including phenoxy) is 1. The molecule has 178 valence electrons. The fraction of sp³-hybridized carbons (Fsp3) is 0.391. The van der Waals surface area contributed by atoms with Gasteiger partial charge in [0.1, 0.15) is 5.75 Å². The van der Waals surface area contributed by atoms with Crippen molar-refractivity contribution in [3.05, 3.63) is 61.3 Å². The highest BCUT2D eigenvalue weighted by Gasteiger charge is 2.35. The van der Waals surface area contributed by atoms with E-state index in [4.69, 9.17) is 4.74 Å². The van der Waals surface area contributed by atoms with Crippen molar-refractivity contribution in [2.24, 2.45) is 7.05 Å². The van der Waals surface area contributed by atoms with Gasteiger partial charge in [-0.2, -0.15) is 9.40 Å². The van der Waals surface area contributed by atoms with Crippen LogP contribution < -0.4 is 9.64 Å². The average Bonchev–Trinajstić information content (AvgIpc) is 3.22. The van der Waals surface area contributed by atoms with E-state index in [2.05, 4.69) is 23.2 Å². The number of amides is 1. The fourth-order valence-corrected chi connectivity index (χ4v) is 5.35. The Morgan fingerprint density at radius 1 is 1.15 bits per heavy atom. The molecule has 1 aromatic heterocycles. The lowest BCUT2D eigenvalue weighted by molar-refractivity contribution is 0.0786. The summed E-state index contributed by atoms with van der Waals surface area (Å²) in [4.78, 5) is 16.7. The third-order valence-electron chi connectivity index (χ3n) is 5.34. The first kappa shape index (κ1) is 24.5. The van der Waals surface area contributed by atoms with Crippen molar-refractivity contribution in [1.82, 2.24) is 19.0 Å². The zero-order valence-corrected chi connectivity index (χ0v) is 20.0. The molecule has 2 aromatic rings. The molecule has 1 aromatic carbocycles. The maximum absolute atomic E-state index is 13.5. The Balaban J connectivity index is 1.82. The number of para-hydroxylation sites is 2. The van der Waals surface area contributed by atoms with Crippen molar-refractivity contribution in [2.45, 2.75) is 11.9 Å². The summed E-state index contributed by atoms with van der Waals surface area (Å²) in [5.41, 5.74) is 0.986. The van der Waals surface area contributed by atoms with Gasteiger partial charge in [-0.3, -0.25) is 9.48 Å². The summed E-state index contributed by atoms with van der Waals surface area (Å²) in [7, 11) is -2.36. The smallest absolute Gasteiger partial charge is 0.263 e. The summed E-state index contributed by atoms with van der Waals surface area (Å²) in [5, 5.41) is 3.93. The van der Waals surface area contributed by atoms with E-state index in [0.717, 1.165) is 11.4 Å². The zero-order chi connectivity index (χ0) is 24.0. The number of anilines is 1. The second kappa shape index (κ2) is 10.7. The standard InChI is InChI=1S/C23H31N5O4S/c1-5-12-27(13-6-2)23(29)19-18-25(4)24-22(19)33(30,31)28-16-14-26(15-17-28)20-10-8-9-11-21(20)32-7-3/h5-6,8-11,18H,1-2,7,12-17H2,3-4H3. The molecule has 1 amide bonds. The molecule has 0 saturated carbocycles. The van der Waals surface area contributed by atoms with Crippen LogP contribution in [0.3, 0.4) is 0 Å². The maximum Gasteiger partial charge on any atom is 0.263 e. The molecule has 0 bridgehead atoms. The van der Waals surface area contributed by atoms with Crippen molar-refractivity contribution >= 4 is 21.6 Å². The molecule has 0 radical (unpaired) electrons. The van der Waals surface area contributed by atoms with E-state index < -0.39 is 15.9 Å². The minimum Gasteiger partial charge on any atom is -0.492 e. The molecular weight excluding hydrogens is 442 g/mol. The summed E-state index contributed by atoms with van der Waals surface area (Å²) in [6.07, 6.45) is 4.62. The largest absolute Gasteiger partial charge is 0.492 e. The molecule has 33 heavy (non-hydrogen) atoms. The van der Waals surface area contributed by atoms with Gasteiger partial charge < -0.3 is 14.5 Å². The van der Waals surface area contributed by atoms with Gasteiger partial charge in [0, 0.05) is 52.5 Å². The number of rotatable bonds is 10. The summed E-state index contributed by atoms with van der Waals surface area (Å²) in [5.74, 6) is 0.351. The third-order valence-corrected chi connectivity index (χ3v) is 7.18. The lowest BCUT2D eigenvalue weighted by Gasteiger charge is -2.35. The molecule has 0 aliphatic carbocycles. The first-order chi connectivity index (χ1) is 15.8. The molecule has 1 saturated heterocycles. The molecule has 0 spiro atoms. The van der Waals surface area contributed by atoms with Gasteiger partial charge in [-0.05, 0) is 19.1 Å². The van der Waals surface area contributed by atoms with E-state index in [9.17, 15) is 13.2 Å². The Labute approximate surface area is 195 Å². The van der Waals surface area contributed by atoms with Crippen LogP contribution in [0.25, 0.3) is 0 Å². The summed E-state index contributed by atoms with van der Waals surface area (Å²) in [6, 6.07) is 7.73. The van der Waals surface area contributed by atoms with Crippen LogP contribution >= 0.6 is 0 Å².